The van der Waals surface area contributed by atoms with E-state index < -0.39 is 0 Å². The minimum absolute atomic E-state index is 0.272. The number of rotatable bonds is 5. The molecule has 2 saturated carbocycles. The lowest BCUT2D eigenvalue weighted by Crippen LogP contribution is -2.48. The van der Waals surface area contributed by atoms with E-state index in [0.29, 0.717) is 30.4 Å². The number of hydrogen-bond donors (Lipinski definition) is 0. The number of likely N-dealkylation sites (tertiary alicyclic amines) is 1. The van der Waals surface area contributed by atoms with Crippen LogP contribution in [0.4, 0.5) is 0 Å². The van der Waals surface area contributed by atoms with Crippen molar-refractivity contribution < 1.29 is 14.3 Å². The van der Waals surface area contributed by atoms with Gasteiger partial charge in [-0.25, -0.2) is 0 Å². The smallest absolute Gasteiger partial charge is 0.226 e. The Kier molecular flexibility index (Phi) is 3.47. The van der Waals surface area contributed by atoms with E-state index in [-0.39, 0.29) is 6.04 Å². The molecule has 3 aliphatic rings. The molecule has 4 heteroatoms. The van der Waals surface area contributed by atoms with E-state index in [1.807, 2.05) is 24.3 Å². The number of carbonyl (C=O) groups is 1. The fourth-order valence-corrected chi connectivity index (χ4v) is 4.05. The largest absolute Gasteiger partial charge is 0.497 e. The molecule has 1 aromatic rings. The van der Waals surface area contributed by atoms with Gasteiger partial charge < -0.3 is 14.4 Å². The van der Waals surface area contributed by atoms with Crippen LogP contribution in [0, 0.1) is 11.8 Å². The Hall–Kier alpha value is -1.71. The molecule has 1 amide bonds. The fourth-order valence-electron chi connectivity index (χ4n) is 4.05. The van der Waals surface area contributed by atoms with E-state index in [1.165, 1.54) is 19.3 Å². The van der Waals surface area contributed by atoms with Gasteiger partial charge in [-0.15, -0.1) is 0 Å². The molecule has 1 saturated heterocycles. The highest BCUT2D eigenvalue weighted by Gasteiger charge is 2.50. The number of piperidine rings is 1. The average Bonchev–Trinajstić information content (AvgIpc) is 3.22. The van der Waals surface area contributed by atoms with Crippen molar-refractivity contribution in [3.8, 4) is 11.5 Å². The van der Waals surface area contributed by atoms with Crippen molar-refractivity contribution in [3.05, 3.63) is 24.3 Å². The highest BCUT2D eigenvalue weighted by Crippen LogP contribution is 2.45. The van der Waals surface area contributed by atoms with Crippen molar-refractivity contribution in [2.24, 2.45) is 11.8 Å². The predicted molar refractivity (Wildman–Crippen MR) is 83.0 cm³/mol. The molecule has 2 bridgehead atoms. The Labute approximate surface area is 131 Å². The molecule has 1 aliphatic heterocycles. The maximum absolute atomic E-state index is 12.6. The van der Waals surface area contributed by atoms with Gasteiger partial charge in [-0.05, 0) is 62.3 Å². The van der Waals surface area contributed by atoms with Gasteiger partial charge in [0.1, 0.15) is 18.1 Å². The molecular formula is C18H23NO3. The average molecular weight is 301 g/mol. The van der Waals surface area contributed by atoms with Gasteiger partial charge in [0.2, 0.25) is 5.91 Å². The first-order chi connectivity index (χ1) is 10.8. The molecule has 0 spiro atoms. The van der Waals surface area contributed by atoms with Gasteiger partial charge in [-0.2, -0.15) is 0 Å². The first kappa shape index (κ1) is 13.9. The Bertz CT molecular complexity index is 552. The molecule has 0 N–H and O–H groups in total. The molecule has 0 radical (unpaired) electrons. The Morgan fingerprint density at radius 1 is 1.14 bits per heavy atom. The summed E-state index contributed by atoms with van der Waals surface area (Å²) in [5.41, 5.74) is 0. The summed E-state index contributed by atoms with van der Waals surface area (Å²) < 4.78 is 11.1. The fraction of sp³-hybridized carbons (Fsp3) is 0.611. The molecule has 3 atom stereocenters. The summed E-state index contributed by atoms with van der Waals surface area (Å²) in [5, 5.41) is 0. The van der Waals surface area contributed by atoms with Crippen molar-refractivity contribution >= 4 is 5.91 Å². The number of carbonyl (C=O) groups excluding carboxylic acids is 1. The molecule has 0 unspecified atom stereocenters. The maximum atomic E-state index is 12.6. The molecule has 22 heavy (non-hydrogen) atoms. The van der Waals surface area contributed by atoms with Crippen LogP contribution in [0.1, 0.15) is 32.1 Å². The van der Waals surface area contributed by atoms with E-state index in [1.54, 1.807) is 7.11 Å². The standard InChI is InChI=1S/C18H23NO3/c1-21-15-6-8-16(9-7-15)22-11-17-13-4-5-14(10-13)19(17)18(20)12-2-3-12/h6-9,12-14,17H,2-5,10-11H2,1H3/t13-,14+,17+/m0/s1. The van der Waals surface area contributed by atoms with Gasteiger partial charge >= 0.3 is 0 Å². The van der Waals surface area contributed by atoms with Gasteiger partial charge in [0.05, 0.1) is 13.2 Å². The Morgan fingerprint density at radius 3 is 2.55 bits per heavy atom. The van der Waals surface area contributed by atoms with Gasteiger partial charge in [-0.3, -0.25) is 4.79 Å². The maximum Gasteiger partial charge on any atom is 0.226 e. The highest BCUT2D eigenvalue weighted by atomic mass is 16.5. The van der Waals surface area contributed by atoms with Crippen molar-refractivity contribution in [1.29, 1.82) is 0 Å². The number of nitrogens with zero attached hydrogens (tertiary/aromatic N) is 1. The minimum atomic E-state index is 0.272. The van der Waals surface area contributed by atoms with Crippen molar-refractivity contribution in [1.82, 2.24) is 4.90 Å². The van der Waals surface area contributed by atoms with Crippen molar-refractivity contribution in [2.75, 3.05) is 13.7 Å². The number of benzene rings is 1. The number of ether oxygens (including phenoxy) is 2. The molecule has 1 heterocycles. The first-order valence-electron chi connectivity index (χ1n) is 8.35. The second-order valence-corrected chi connectivity index (χ2v) is 6.80. The zero-order valence-electron chi connectivity index (χ0n) is 13.0. The van der Waals surface area contributed by atoms with Crippen LogP contribution in [0.5, 0.6) is 11.5 Å². The number of hydrogen-bond acceptors (Lipinski definition) is 3. The third-order valence-corrected chi connectivity index (χ3v) is 5.40. The lowest BCUT2D eigenvalue weighted by atomic mass is 9.99. The van der Waals surface area contributed by atoms with Gasteiger partial charge in [0, 0.05) is 12.0 Å². The first-order valence-corrected chi connectivity index (χ1v) is 8.35. The molecule has 0 aromatic heterocycles. The zero-order chi connectivity index (χ0) is 15.1. The molecule has 118 valence electrons. The second-order valence-electron chi connectivity index (χ2n) is 6.80. The predicted octanol–water partition coefficient (Wildman–Crippen LogP) is 2.86. The van der Waals surface area contributed by atoms with Crippen LogP contribution in [0.3, 0.4) is 0 Å². The molecule has 4 nitrogen and oxygen atoms in total. The van der Waals surface area contributed by atoms with Crippen LogP contribution in [0.15, 0.2) is 24.3 Å². The summed E-state index contributed by atoms with van der Waals surface area (Å²) >= 11 is 0. The van der Waals surface area contributed by atoms with E-state index in [0.717, 1.165) is 24.3 Å². The monoisotopic (exact) mass is 301 g/mol. The van der Waals surface area contributed by atoms with Crippen molar-refractivity contribution in [2.45, 2.75) is 44.2 Å². The topological polar surface area (TPSA) is 38.8 Å². The Balaban J connectivity index is 1.42. The summed E-state index contributed by atoms with van der Waals surface area (Å²) in [5.74, 6) is 3.00. The lowest BCUT2D eigenvalue weighted by Gasteiger charge is -2.35. The number of fused-ring (bicyclic) bond motifs is 2. The normalized spacial score (nSPS) is 29.7. The van der Waals surface area contributed by atoms with Crippen molar-refractivity contribution in [3.63, 3.8) is 0 Å². The van der Waals surface area contributed by atoms with E-state index in [9.17, 15) is 4.79 Å². The van der Waals surface area contributed by atoms with Gasteiger partial charge in [0.25, 0.3) is 0 Å². The third kappa shape index (κ3) is 2.44. The Morgan fingerprint density at radius 2 is 1.86 bits per heavy atom. The highest BCUT2D eigenvalue weighted by molar-refractivity contribution is 5.82. The lowest BCUT2D eigenvalue weighted by molar-refractivity contribution is -0.137. The van der Waals surface area contributed by atoms with E-state index in [4.69, 9.17) is 9.47 Å². The van der Waals surface area contributed by atoms with Crippen LogP contribution in [-0.2, 0) is 4.79 Å². The third-order valence-electron chi connectivity index (χ3n) is 5.40. The van der Waals surface area contributed by atoms with Crippen LogP contribution < -0.4 is 9.47 Å². The van der Waals surface area contributed by atoms with Crippen LogP contribution in [0.2, 0.25) is 0 Å². The number of amides is 1. The molecule has 1 aromatic carbocycles. The van der Waals surface area contributed by atoms with E-state index >= 15 is 0 Å². The number of methoxy groups -OCH3 is 1. The summed E-state index contributed by atoms with van der Waals surface area (Å²) in [4.78, 5) is 14.7. The summed E-state index contributed by atoms with van der Waals surface area (Å²) in [6.07, 6.45) is 5.77. The SMILES string of the molecule is COc1ccc(OC[C@@H]2[C@H]3CC[C@H](C3)N2C(=O)C2CC2)cc1. The summed E-state index contributed by atoms with van der Waals surface area (Å²) in [7, 11) is 1.66. The molecular weight excluding hydrogens is 278 g/mol. The van der Waals surface area contributed by atoms with Crippen LogP contribution >= 0.6 is 0 Å². The quantitative estimate of drug-likeness (QED) is 0.839. The summed E-state index contributed by atoms with van der Waals surface area (Å²) in [6.45, 7) is 0.617. The molecule has 3 fully saturated rings. The second kappa shape index (κ2) is 5.49. The van der Waals surface area contributed by atoms with E-state index in [2.05, 4.69) is 4.90 Å². The van der Waals surface area contributed by atoms with Gasteiger partial charge in [0.15, 0.2) is 0 Å². The van der Waals surface area contributed by atoms with Crippen LogP contribution in [0.25, 0.3) is 0 Å². The summed E-state index contributed by atoms with van der Waals surface area (Å²) in [6, 6.07) is 8.42. The molecule has 2 aliphatic carbocycles. The minimum Gasteiger partial charge on any atom is -0.497 e. The van der Waals surface area contributed by atoms with Crippen LogP contribution in [-0.4, -0.2) is 36.6 Å². The molecule has 4 rings (SSSR count). The zero-order valence-corrected chi connectivity index (χ0v) is 13.0. The van der Waals surface area contributed by atoms with Gasteiger partial charge in [-0.1, -0.05) is 0 Å².